The van der Waals surface area contributed by atoms with Crippen molar-refractivity contribution in [1.82, 2.24) is 9.97 Å². The van der Waals surface area contributed by atoms with Crippen LogP contribution in [0.1, 0.15) is 87.4 Å². The summed E-state index contributed by atoms with van der Waals surface area (Å²) in [7, 11) is -2.01. The van der Waals surface area contributed by atoms with Crippen molar-refractivity contribution >= 4 is 47.5 Å². The average Bonchev–Trinajstić information content (AvgIpc) is 4.08. The summed E-state index contributed by atoms with van der Waals surface area (Å²) in [6, 6.07) is 49.2. The zero-order valence-electron chi connectivity index (χ0n) is 46.7. The van der Waals surface area contributed by atoms with E-state index in [1.807, 2.05) is 44.2 Å². The first-order chi connectivity index (χ1) is 37.7. The lowest BCUT2D eigenvalue weighted by molar-refractivity contribution is -0.273. The van der Waals surface area contributed by atoms with Crippen LogP contribution in [0.5, 0.6) is 0 Å². The largest absolute Gasteiger partial charge is 1.00 e. The van der Waals surface area contributed by atoms with E-state index in [1.54, 1.807) is 27.7 Å². The van der Waals surface area contributed by atoms with E-state index in [1.165, 1.54) is 27.0 Å². The van der Waals surface area contributed by atoms with Gasteiger partial charge >= 0.3 is 11.9 Å². The Hall–Kier alpha value is -6.57. The molecule has 0 radical (unpaired) electrons. The SMILES string of the molecule is CCOC(=O)C1(C)OCC(CC/C=C/c2nc(-c3ccc(C)cc3)oc2C)CO1.CCOC(=O)C1(C)OCC(CCC=O)CO1.Cc1ccc(-c2nc(C[P+](c3ccccc3)(c3ccccc3)c3ccccc3)c(C)o2)cc1.[Cl-]. The minimum atomic E-state index is -2.01. The van der Waals surface area contributed by atoms with E-state index in [0.29, 0.717) is 57.8 Å². The van der Waals surface area contributed by atoms with Gasteiger partial charge in [0.05, 0.1) is 39.6 Å². The summed E-state index contributed by atoms with van der Waals surface area (Å²) >= 11 is 0. The van der Waals surface area contributed by atoms with E-state index in [9.17, 15) is 14.4 Å². The van der Waals surface area contributed by atoms with Crippen molar-refractivity contribution in [2.24, 2.45) is 11.8 Å². The third kappa shape index (κ3) is 16.3. The maximum atomic E-state index is 11.9. The molecule has 13 nitrogen and oxygen atoms in total. The van der Waals surface area contributed by atoms with Gasteiger partial charge in [-0.05, 0) is 128 Å². The van der Waals surface area contributed by atoms with Crippen LogP contribution in [0, 0.1) is 39.5 Å². The lowest BCUT2D eigenvalue weighted by atomic mass is 10.0. The molecule has 0 aliphatic carbocycles. The number of aryl methyl sites for hydroxylation is 4. The van der Waals surface area contributed by atoms with Crippen LogP contribution < -0.4 is 28.3 Å². The second-order valence-corrected chi connectivity index (χ2v) is 23.2. The van der Waals surface area contributed by atoms with Crippen LogP contribution in [-0.4, -0.2) is 79.4 Å². The average molecular weight is 1110 g/mol. The quantitative estimate of drug-likeness (QED) is 0.0456. The van der Waals surface area contributed by atoms with Crippen molar-refractivity contribution in [3.05, 3.63) is 180 Å². The monoisotopic (exact) mass is 1110 g/mol. The van der Waals surface area contributed by atoms with Crippen molar-refractivity contribution in [3.63, 3.8) is 0 Å². The topological polar surface area (TPSA) is 159 Å². The molecule has 0 amide bonds. The van der Waals surface area contributed by atoms with Crippen LogP contribution >= 0.6 is 7.26 Å². The number of oxazole rings is 2. The Morgan fingerprint density at radius 1 is 0.570 bits per heavy atom. The second kappa shape index (κ2) is 29.6. The van der Waals surface area contributed by atoms with Gasteiger partial charge in [0, 0.05) is 43.2 Å². The first-order valence-electron chi connectivity index (χ1n) is 26.8. The maximum Gasteiger partial charge on any atom is 0.366 e. The number of allylic oxidation sites excluding steroid dienone is 1. The number of aldehydes is 1. The van der Waals surface area contributed by atoms with Gasteiger partial charge in [-0.2, -0.15) is 0 Å². The third-order valence-corrected chi connectivity index (χ3v) is 18.0. The molecule has 9 rings (SSSR count). The lowest BCUT2D eigenvalue weighted by Crippen LogP contribution is -3.00. The Balaban J connectivity index is 0.000000201. The second-order valence-electron chi connectivity index (χ2n) is 19.7. The molecule has 2 aromatic heterocycles. The molecule has 2 saturated heterocycles. The summed E-state index contributed by atoms with van der Waals surface area (Å²) in [6.45, 7) is 17.2. The zero-order valence-corrected chi connectivity index (χ0v) is 48.3. The number of hydrogen-bond donors (Lipinski definition) is 0. The minimum absolute atomic E-state index is 0. The predicted octanol–water partition coefficient (Wildman–Crippen LogP) is 9.06. The van der Waals surface area contributed by atoms with Gasteiger partial charge in [-0.3, -0.25) is 0 Å². The number of ether oxygens (including phenoxy) is 6. The van der Waals surface area contributed by atoms with Gasteiger partial charge in [0.25, 0.3) is 11.6 Å². The number of benzene rings is 5. The number of esters is 2. The molecule has 418 valence electrons. The number of carbonyl (C=O) groups is 3. The summed E-state index contributed by atoms with van der Waals surface area (Å²) in [6.07, 6.45) is 8.74. The smallest absolute Gasteiger partial charge is 0.366 e. The fourth-order valence-electron chi connectivity index (χ4n) is 8.98. The molecule has 0 atom stereocenters. The van der Waals surface area contributed by atoms with E-state index >= 15 is 0 Å². The molecule has 0 spiro atoms. The van der Waals surface area contributed by atoms with E-state index in [4.69, 9.17) is 42.2 Å². The summed E-state index contributed by atoms with van der Waals surface area (Å²) in [5.41, 5.74) is 6.28. The normalized spacial score (nSPS) is 18.9. The van der Waals surface area contributed by atoms with Gasteiger partial charge in [-0.25, -0.2) is 19.6 Å². The van der Waals surface area contributed by atoms with E-state index in [-0.39, 0.29) is 24.2 Å². The third-order valence-electron chi connectivity index (χ3n) is 13.7. The van der Waals surface area contributed by atoms with Crippen LogP contribution in [-0.2, 0) is 49.0 Å². The number of aromatic nitrogens is 2. The number of rotatable bonds is 18. The molecule has 15 heteroatoms. The summed E-state index contributed by atoms with van der Waals surface area (Å²) in [5, 5.41) is 4.05. The molecule has 5 aromatic carbocycles. The Kier molecular flexibility index (Phi) is 23.1. The molecule has 2 fully saturated rings. The van der Waals surface area contributed by atoms with Crippen LogP contribution in [0.2, 0.25) is 0 Å². The molecule has 0 bridgehead atoms. The van der Waals surface area contributed by atoms with Crippen LogP contribution in [0.3, 0.4) is 0 Å². The van der Waals surface area contributed by atoms with Crippen molar-refractivity contribution < 1.29 is 64.0 Å². The molecule has 0 N–H and O–H groups in total. The first kappa shape index (κ1) is 61.6. The van der Waals surface area contributed by atoms with Gasteiger partial charge < -0.3 is 54.5 Å². The van der Waals surface area contributed by atoms with Gasteiger partial charge in [-0.1, -0.05) is 96.1 Å². The molecule has 2 aliphatic rings. The van der Waals surface area contributed by atoms with Crippen molar-refractivity contribution in [1.29, 1.82) is 0 Å². The first-order valence-corrected chi connectivity index (χ1v) is 28.8. The molecule has 79 heavy (non-hydrogen) atoms. The van der Waals surface area contributed by atoms with Gasteiger partial charge in [0.15, 0.2) is 0 Å². The zero-order chi connectivity index (χ0) is 55.5. The highest BCUT2D eigenvalue weighted by Gasteiger charge is 2.47. The Bertz CT molecular complexity index is 2910. The van der Waals surface area contributed by atoms with Crippen LogP contribution in [0.15, 0.2) is 154 Å². The molecule has 0 unspecified atom stereocenters. The molecular weight excluding hydrogens is 1040 g/mol. The predicted molar refractivity (Wildman–Crippen MR) is 306 cm³/mol. The fourth-order valence-corrected chi connectivity index (χ4v) is 13.2. The molecular formula is C64H74ClN2O11P. The van der Waals surface area contributed by atoms with Gasteiger partial charge in [0.1, 0.15) is 58.5 Å². The van der Waals surface area contributed by atoms with Crippen molar-refractivity contribution in [3.8, 4) is 22.9 Å². The summed E-state index contributed by atoms with van der Waals surface area (Å²) < 4.78 is 43.9. The van der Waals surface area contributed by atoms with E-state index in [0.717, 1.165) is 65.7 Å². The Labute approximate surface area is 472 Å². The highest BCUT2D eigenvalue weighted by atomic mass is 35.5. The van der Waals surface area contributed by atoms with E-state index in [2.05, 4.69) is 140 Å². The minimum Gasteiger partial charge on any atom is -1.00 e. The number of halogens is 1. The Morgan fingerprint density at radius 3 is 1.37 bits per heavy atom. The molecule has 2 aliphatic heterocycles. The van der Waals surface area contributed by atoms with Gasteiger partial charge in [0.2, 0.25) is 11.8 Å². The number of carbonyl (C=O) groups excluding carboxylic acids is 3. The van der Waals surface area contributed by atoms with Crippen molar-refractivity contribution in [2.45, 2.75) is 98.8 Å². The van der Waals surface area contributed by atoms with E-state index < -0.39 is 30.8 Å². The maximum absolute atomic E-state index is 11.9. The van der Waals surface area contributed by atoms with Crippen LogP contribution in [0.25, 0.3) is 29.0 Å². The highest BCUT2D eigenvalue weighted by molar-refractivity contribution is 7.95. The molecule has 0 saturated carbocycles. The van der Waals surface area contributed by atoms with Crippen molar-refractivity contribution in [2.75, 3.05) is 39.6 Å². The fraction of sp³-hybridized carbons (Fsp3) is 0.359. The summed E-state index contributed by atoms with van der Waals surface area (Å²) in [5.74, 6) is -0.113. The van der Waals surface area contributed by atoms with Crippen LogP contribution in [0.4, 0.5) is 0 Å². The summed E-state index contributed by atoms with van der Waals surface area (Å²) in [4.78, 5) is 43.3. The van der Waals surface area contributed by atoms with Gasteiger partial charge in [-0.15, -0.1) is 0 Å². The molecule has 4 heterocycles. The number of nitrogens with zero attached hydrogens (tertiary/aromatic N) is 2. The number of hydrogen-bond acceptors (Lipinski definition) is 13. The Morgan fingerprint density at radius 2 is 0.962 bits per heavy atom. The standard InChI is InChI=1S/C30H27NOP.C23H29NO5.C11H18O5.ClH/c1-23-18-20-25(21-19-23)30-31-29(24(2)32-30)22-33(26-12-6-3-7-13-26,27-14-8-4-9-15-27)28-16-10-5-11-17-28;1-5-26-22(25)23(4)27-14-18(15-28-23)8-6-7-9-20-17(3)29-21(24-20)19-12-10-16(2)11-13-19;1-3-14-10(13)11(2)15-7-9(8-16-11)5-4-6-12;/h3-21H,22H2,1-2H3;7,9-13,18H,5-6,8,14-15H2,1-4H3;6,9H,3-5,7-8H2,1-2H3;1H/q+1;;;/p-1/b;9-7+;;. The highest BCUT2D eigenvalue weighted by Crippen LogP contribution is 2.58. The lowest BCUT2D eigenvalue weighted by Gasteiger charge is -2.35. The molecule has 7 aromatic rings.